The standard InChI is InChI=1S/C13H19N3O3/c1-10(16-6-2-5-14-16)13(19)15-7-3-11(4-8-15)9-12(17)18/h2,5-6,10-11H,3-4,7-9H2,1H3,(H,17,18). The highest BCUT2D eigenvalue weighted by Gasteiger charge is 2.27. The van der Waals surface area contributed by atoms with Gasteiger partial charge in [0.25, 0.3) is 0 Å². The highest BCUT2D eigenvalue weighted by atomic mass is 16.4. The number of hydrogen-bond donors (Lipinski definition) is 1. The number of carboxylic acids is 1. The Morgan fingerprint density at radius 2 is 2.11 bits per heavy atom. The minimum absolute atomic E-state index is 0.0532. The van der Waals surface area contributed by atoms with Gasteiger partial charge in [0.1, 0.15) is 6.04 Å². The van der Waals surface area contributed by atoms with Crippen LogP contribution < -0.4 is 0 Å². The van der Waals surface area contributed by atoms with E-state index in [1.165, 1.54) is 0 Å². The normalized spacial score (nSPS) is 18.3. The zero-order valence-corrected chi connectivity index (χ0v) is 11.0. The molecular weight excluding hydrogens is 246 g/mol. The summed E-state index contributed by atoms with van der Waals surface area (Å²) in [7, 11) is 0. The third-order valence-electron chi connectivity index (χ3n) is 3.67. The van der Waals surface area contributed by atoms with Gasteiger partial charge in [-0.1, -0.05) is 0 Å². The number of rotatable bonds is 4. The van der Waals surface area contributed by atoms with Crippen molar-refractivity contribution >= 4 is 11.9 Å². The molecule has 1 aliphatic heterocycles. The fourth-order valence-electron chi connectivity index (χ4n) is 2.49. The molecule has 0 saturated carbocycles. The third-order valence-corrected chi connectivity index (χ3v) is 3.67. The van der Waals surface area contributed by atoms with Crippen LogP contribution in [0, 0.1) is 5.92 Å². The summed E-state index contributed by atoms with van der Waals surface area (Å²) in [6.07, 6.45) is 5.17. The molecule has 1 N–H and O–H groups in total. The van der Waals surface area contributed by atoms with Crippen LogP contribution in [0.4, 0.5) is 0 Å². The molecule has 104 valence electrons. The van der Waals surface area contributed by atoms with Gasteiger partial charge in [-0.15, -0.1) is 0 Å². The van der Waals surface area contributed by atoms with E-state index in [0.29, 0.717) is 13.1 Å². The Kier molecular flexibility index (Phi) is 4.19. The van der Waals surface area contributed by atoms with Crippen molar-refractivity contribution in [3.05, 3.63) is 18.5 Å². The van der Waals surface area contributed by atoms with Crippen LogP contribution in [-0.4, -0.2) is 44.8 Å². The van der Waals surface area contributed by atoms with E-state index in [4.69, 9.17) is 5.11 Å². The lowest BCUT2D eigenvalue weighted by molar-refractivity contribution is -0.139. The lowest BCUT2D eigenvalue weighted by Crippen LogP contribution is -2.42. The Balaban J connectivity index is 1.87. The SMILES string of the molecule is CC(C(=O)N1CCC(CC(=O)O)CC1)n1cccn1. The van der Waals surface area contributed by atoms with Crippen LogP contribution >= 0.6 is 0 Å². The largest absolute Gasteiger partial charge is 0.481 e. The fraction of sp³-hybridized carbons (Fsp3) is 0.615. The topological polar surface area (TPSA) is 75.4 Å². The summed E-state index contributed by atoms with van der Waals surface area (Å²) in [4.78, 5) is 24.7. The number of likely N-dealkylation sites (tertiary alicyclic amines) is 1. The Morgan fingerprint density at radius 3 is 2.63 bits per heavy atom. The number of carbonyl (C=O) groups excluding carboxylic acids is 1. The number of hydrogen-bond acceptors (Lipinski definition) is 3. The Labute approximate surface area is 112 Å². The first kappa shape index (κ1) is 13.6. The van der Waals surface area contributed by atoms with Crippen LogP contribution in [0.3, 0.4) is 0 Å². The van der Waals surface area contributed by atoms with Gasteiger partial charge in [-0.2, -0.15) is 5.10 Å². The average Bonchev–Trinajstić information content (AvgIpc) is 2.91. The van der Waals surface area contributed by atoms with Crippen molar-refractivity contribution < 1.29 is 14.7 Å². The zero-order chi connectivity index (χ0) is 13.8. The maximum absolute atomic E-state index is 12.3. The Hall–Kier alpha value is -1.85. The van der Waals surface area contributed by atoms with Crippen molar-refractivity contribution in [3.8, 4) is 0 Å². The van der Waals surface area contributed by atoms with Gasteiger partial charge in [-0.25, -0.2) is 0 Å². The smallest absolute Gasteiger partial charge is 0.303 e. The monoisotopic (exact) mass is 265 g/mol. The van der Waals surface area contributed by atoms with Gasteiger partial charge in [0.15, 0.2) is 0 Å². The van der Waals surface area contributed by atoms with Crippen LogP contribution in [0.15, 0.2) is 18.5 Å². The second-order valence-electron chi connectivity index (χ2n) is 5.03. The van der Waals surface area contributed by atoms with E-state index < -0.39 is 5.97 Å². The maximum Gasteiger partial charge on any atom is 0.303 e. The first-order valence-electron chi connectivity index (χ1n) is 6.57. The molecule has 1 saturated heterocycles. The van der Waals surface area contributed by atoms with E-state index in [1.807, 2.05) is 11.8 Å². The van der Waals surface area contributed by atoms with Crippen LogP contribution in [-0.2, 0) is 9.59 Å². The summed E-state index contributed by atoms with van der Waals surface area (Å²) in [6.45, 7) is 3.11. The van der Waals surface area contributed by atoms with Crippen molar-refractivity contribution in [2.75, 3.05) is 13.1 Å². The molecule has 19 heavy (non-hydrogen) atoms. The molecule has 2 heterocycles. The predicted octanol–water partition coefficient (Wildman–Crippen LogP) is 1.16. The van der Waals surface area contributed by atoms with E-state index in [-0.39, 0.29) is 24.3 Å². The van der Waals surface area contributed by atoms with Gasteiger partial charge in [0, 0.05) is 31.9 Å². The quantitative estimate of drug-likeness (QED) is 0.886. The van der Waals surface area contributed by atoms with Gasteiger partial charge in [0.2, 0.25) is 5.91 Å². The van der Waals surface area contributed by atoms with Gasteiger partial charge in [-0.05, 0) is 31.7 Å². The summed E-state index contributed by atoms with van der Waals surface area (Å²) in [5, 5.41) is 12.8. The summed E-state index contributed by atoms with van der Waals surface area (Å²) in [5.41, 5.74) is 0. The van der Waals surface area contributed by atoms with Crippen molar-refractivity contribution in [2.45, 2.75) is 32.2 Å². The number of carbonyl (C=O) groups is 2. The number of piperidine rings is 1. The molecule has 0 spiro atoms. The molecule has 0 aliphatic carbocycles. The molecule has 1 atom stereocenters. The van der Waals surface area contributed by atoms with Crippen LogP contribution in [0.5, 0.6) is 0 Å². The van der Waals surface area contributed by atoms with Crippen LogP contribution in [0.1, 0.15) is 32.2 Å². The Bertz CT molecular complexity index is 436. The highest BCUT2D eigenvalue weighted by Crippen LogP contribution is 2.22. The Morgan fingerprint density at radius 1 is 1.42 bits per heavy atom. The van der Waals surface area contributed by atoms with Crippen molar-refractivity contribution in [2.24, 2.45) is 5.92 Å². The minimum Gasteiger partial charge on any atom is -0.481 e. The summed E-state index contributed by atoms with van der Waals surface area (Å²) in [5.74, 6) is -0.506. The lowest BCUT2D eigenvalue weighted by Gasteiger charge is -2.33. The van der Waals surface area contributed by atoms with E-state index in [0.717, 1.165) is 12.8 Å². The van der Waals surface area contributed by atoms with E-state index in [2.05, 4.69) is 5.10 Å². The second kappa shape index (κ2) is 5.86. The average molecular weight is 265 g/mol. The summed E-state index contributed by atoms with van der Waals surface area (Å²) < 4.78 is 1.64. The third kappa shape index (κ3) is 3.33. The predicted molar refractivity (Wildman–Crippen MR) is 68.5 cm³/mol. The number of carboxylic acid groups (broad SMARTS) is 1. The van der Waals surface area contributed by atoms with Crippen molar-refractivity contribution in [1.82, 2.24) is 14.7 Å². The van der Waals surface area contributed by atoms with E-state index in [9.17, 15) is 9.59 Å². The molecule has 1 amide bonds. The van der Waals surface area contributed by atoms with Gasteiger partial charge >= 0.3 is 5.97 Å². The first-order chi connectivity index (χ1) is 9.08. The number of aliphatic carboxylic acids is 1. The minimum atomic E-state index is -0.755. The highest BCUT2D eigenvalue weighted by molar-refractivity contribution is 5.80. The lowest BCUT2D eigenvalue weighted by atomic mass is 9.93. The van der Waals surface area contributed by atoms with E-state index >= 15 is 0 Å². The van der Waals surface area contributed by atoms with E-state index in [1.54, 1.807) is 23.1 Å². The molecule has 1 fully saturated rings. The van der Waals surface area contributed by atoms with Crippen LogP contribution in [0.25, 0.3) is 0 Å². The molecule has 6 heteroatoms. The maximum atomic E-state index is 12.3. The first-order valence-corrected chi connectivity index (χ1v) is 6.57. The number of amides is 1. The summed E-state index contributed by atoms with van der Waals surface area (Å²) >= 11 is 0. The molecule has 2 rings (SSSR count). The molecular formula is C13H19N3O3. The fourth-order valence-corrected chi connectivity index (χ4v) is 2.49. The summed E-state index contributed by atoms with van der Waals surface area (Å²) in [6, 6.07) is 1.49. The molecule has 1 unspecified atom stereocenters. The second-order valence-corrected chi connectivity index (χ2v) is 5.03. The number of aromatic nitrogens is 2. The van der Waals surface area contributed by atoms with Crippen molar-refractivity contribution in [1.29, 1.82) is 0 Å². The molecule has 6 nitrogen and oxygen atoms in total. The van der Waals surface area contributed by atoms with Crippen LogP contribution in [0.2, 0.25) is 0 Å². The molecule has 1 aromatic heterocycles. The van der Waals surface area contributed by atoms with Crippen molar-refractivity contribution in [3.63, 3.8) is 0 Å². The molecule has 0 radical (unpaired) electrons. The van der Waals surface area contributed by atoms with Gasteiger partial charge in [-0.3, -0.25) is 14.3 Å². The van der Waals surface area contributed by atoms with Gasteiger partial charge < -0.3 is 10.0 Å². The number of nitrogens with zero attached hydrogens (tertiary/aromatic N) is 3. The molecule has 0 aromatic carbocycles. The molecule has 0 bridgehead atoms. The zero-order valence-electron chi connectivity index (χ0n) is 11.0. The van der Waals surface area contributed by atoms with Gasteiger partial charge in [0.05, 0.1) is 0 Å². The molecule has 1 aromatic rings. The molecule has 1 aliphatic rings.